The highest BCUT2D eigenvalue weighted by Crippen LogP contribution is 2.47. The van der Waals surface area contributed by atoms with Crippen LogP contribution in [0.25, 0.3) is 0 Å². The number of rotatable bonds is 5. The Balaban J connectivity index is 1.57. The van der Waals surface area contributed by atoms with Gasteiger partial charge in [-0.25, -0.2) is 26.9 Å². The van der Waals surface area contributed by atoms with Crippen LogP contribution >= 0.6 is 22.9 Å². The second-order valence-electron chi connectivity index (χ2n) is 9.10. The highest BCUT2D eigenvalue weighted by atomic mass is 35.5. The fourth-order valence-corrected chi connectivity index (χ4v) is 7.17. The van der Waals surface area contributed by atoms with Crippen molar-refractivity contribution in [2.45, 2.75) is 18.9 Å². The molecule has 3 atom stereocenters. The minimum atomic E-state index is -3.25. The standard InChI is InChI=1S/C23H24ClFN4O4S2/c1-33-23(30)18-19(12-7-13-10-29(35(2,31)32)11-14(13)8-12)27-21(22-26-5-6-34-22)28-20(18)16-4-3-15(25)9-17(16)24/h3-6,9,12-14,20H,7-8,10-11H2,1-2H3,(H,27,28). The van der Waals surface area contributed by atoms with Crippen LogP contribution in [0.3, 0.4) is 0 Å². The number of ether oxygens (including phenoxy) is 1. The van der Waals surface area contributed by atoms with Gasteiger partial charge in [-0.05, 0) is 36.8 Å². The van der Waals surface area contributed by atoms with E-state index in [0.29, 0.717) is 53.6 Å². The number of hydrogen-bond acceptors (Lipinski definition) is 8. The molecule has 0 bridgehead atoms. The molecule has 3 aliphatic rings. The van der Waals surface area contributed by atoms with Gasteiger partial charge < -0.3 is 10.1 Å². The third-order valence-corrected chi connectivity index (χ3v) is 9.31. The first-order valence-electron chi connectivity index (χ1n) is 11.1. The van der Waals surface area contributed by atoms with Gasteiger partial charge in [-0.15, -0.1) is 11.3 Å². The molecule has 1 aliphatic carbocycles. The number of sulfonamides is 1. The number of methoxy groups -OCH3 is 1. The van der Waals surface area contributed by atoms with Crippen LogP contribution in [0.5, 0.6) is 0 Å². The van der Waals surface area contributed by atoms with Gasteiger partial charge in [0.05, 0.1) is 18.9 Å². The summed E-state index contributed by atoms with van der Waals surface area (Å²) in [4.78, 5) is 22.3. The van der Waals surface area contributed by atoms with E-state index in [0.717, 1.165) is 0 Å². The molecular formula is C23H24ClFN4O4S2. The average molecular weight is 539 g/mol. The van der Waals surface area contributed by atoms with E-state index >= 15 is 0 Å². The Bertz CT molecular complexity index is 1310. The van der Waals surface area contributed by atoms with E-state index in [-0.39, 0.29) is 22.8 Å². The number of halogens is 2. The normalized spacial score (nSPS) is 26.9. The molecule has 5 rings (SSSR count). The molecule has 12 heteroatoms. The number of thiazole rings is 1. The van der Waals surface area contributed by atoms with Gasteiger partial charge >= 0.3 is 5.97 Å². The summed E-state index contributed by atoms with van der Waals surface area (Å²) in [5.41, 5.74) is 1.50. The molecule has 186 valence electrons. The lowest BCUT2D eigenvalue weighted by Crippen LogP contribution is -2.37. The minimum absolute atomic E-state index is 0.0343. The first-order valence-corrected chi connectivity index (χ1v) is 14.2. The van der Waals surface area contributed by atoms with E-state index in [1.165, 1.54) is 47.2 Å². The summed E-state index contributed by atoms with van der Waals surface area (Å²) >= 11 is 7.82. The monoisotopic (exact) mass is 538 g/mol. The van der Waals surface area contributed by atoms with Crippen LogP contribution in [0.15, 0.2) is 46.0 Å². The van der Waals surface area contributed by atoms with Crippen molar-refractivity contribution in [3.8, 4) is 0 Å². The lowest BCUT2D eigenvalue weighted by Gasteiger charge is -2.30. The highest BCUT2D eigenvalue weighted by Gasteiger charge is 2.47. The summed E-state index contributed by atoms with van der Waals surface area (Å²) < 4.78 is 44.6. The third kappa shape index (κ3) is 4.62. The van der Waals surface area contributed by atoms with Gasteiger partial charge in [-0.2, -0.15) is 0 Å². The summed E-state index contributed by atoms with van der Waals surface area (Å²) in [6.45, 7) is 0.947. The summed E-state index contributed by atoms with van der Waals surface area (Å²) in [7, 11) is -1.94. The molecule has 0 amide bonds. The Kier molecular flexibility index (Phi) is 6.45. The predicted octanol–water partition coefficient (Wildman–Crippen LogP) is 3.37. The van der Waals surface area contributed by atoms with Crippen molar-refractivity contribution < 1.29 is 22.3 Å². The van der Waals surface area contributed by atoms with E-state index in [2.05, 4.69) is 10.3 Å². The maximum absolute atomic E-state index is 13.8. The molecule has 8 nitrogen and oxygen atoms in total. The van der Waals surface area contributed by atoms with Gasteiger partial charge in [0.15, 0.2) is 10.8 Å². The molecule has 35 heavy (non-hydrogen) atoms. The Hall–Kier alpha value is -2.34. The molecule has 2 aromatic rings. The van der Waals surface area contributed by atoms with Crippen LogP contribution in [0.4, 0.5) is 4.39 Å². The van der Waals surface area contributed by atoms with Crippen molar-refractivity contribution >= 4 is 44.8 Å². The van der Waals surface area contributed by atoms with E-state index in [1.54, 1.807) is 6.20 Å². The summed E-state index contributed by atoms with van der Waals surface area (Å²) in [6.07, 6.45) is 4.34. The number of hydrogen-bond donors (Lipinski definition) is 1. The van der Waals surface area contributed by atoms with Crippen LogP contribution in [-0.2, 0) is 19.6 Å². The smallest absolute Gasteiger partial charge is 0.338 e. The van der Waals surface area contributed by atoms with E-state index in [1.807, 2.05) is 5.38 Å². The molecule has 2 fully saturated rings. The number of esters is 1. The van der Waals surface area contributed by atoms with Crippen LogP contribution < -0.4 is 5.32 Å². The molecule has 1 saturated carbocycles. The van der Waals surface area contributed by atoms with Crippen molar-refractivity contribution in [2.24, 2.45) is 22.7 Å². The zero-order valence-electron chi connectivity index (χ0n) is 19.1. The average Bonchev–Trinajstić information content (AvgIpc) is 3.54. The van der Waals surface area contributed by atoms with Gasteiger partial charge in [0.1, 0.15) is 11.9 Å². The predicted molar refractivity (Wildman–Crippen MR) is 131 cm³/mol. The molecule has 3 heterocycles. The number of carbonyl (C=O) groups excluding carboxylic acids is 1. The number of nitrogens with one attached hydrogen (secondary N) is 1. The summed E-state index contributed by atoms with van der Waals surface area (Å²) in [5, 5.41) is 5.99. The lowest BCUT2D eigenvalue weighted by molar-refractivity contribution is -0.136. The maximum atomic E-state index is 13.8. The molecule has 3 unspecified atom stereocenters. The quantitative estimate of drug-likeness (QED) is 0.586. The number of nitrogens with zero attached hydrogens (tertiary/aromatic N) is 3. The van der Waals surface area contributed by atoms with Crippen molar-refractivity contribution in [3.05, 3.63) is 62.5 Å². The number of fused-ring (bicyclic) bond motifs is 1. The minimum Gasteiger partial charge on any atom is -0.466 e. The first-order chi connectivity index (χ1) is 16.7. The second-order valence-corrected chi connectivity index (χ2v) is 12.4. The SMILES string of the molecule is COC(=O)C1=C(C2CC3CN(S(C)(=O)=O)CC3C2)NC(c2nccs2)=NC1c1ccc(F)cc1Cl. The molecule has 0 radical (unpaired) electrons. The van der Waals surface area contributed by atoms with Crippen molar-refractivity contribution in [1.82, 2.24) is 14.6 Å². The highest BCUT2D eigenvalue weighted by molar-refractivity contribution is 7.88. The number of aromatic nitrogens is 1. The number of aliphatic imine (C=N–C) groups is 1. The Morgan fingerprint density at radius 2 is 2.00 bits per heavy atom. The van der Waals surface area contributed by atoms with Crippen LogP contribution in [-0.4, -0.2) is 56.0 Å². The summed E-state index contributed by atoms with van der Waals surface area (Å²) in [5.74, 6) is -0.180. The largest absolute Gasteiger partial charge is 0.466 e. The molecule has 0 spiro atoms. The van der Waals surface area contributed by atoms with Crippen LogP contribution in [0.2, 0.25) is 5.02 Å². The molecule has 1 saturated heterocycles. The fraction of sp³-hybridized carbons (Fsp3) is 0.435. The number of allylic oxidation sites excluding steroid dienone is 1. The van der Waals surface area contributed by atoms with E-state index in [4.69, 9.17) is 21.3 Å². The Labute approximate surface area is 211 Å². The van der Waals surface area contributed by atoms with Crippen molar-refractivity contribution in [2.75, 3.05) is 26.5 Å². The topological polar surface area (TPSA) is 101 Å². The van der Waals surface area contributed by atoms with Gasteiger partial charge in [-0.3, -0.25) is 4.99 Å². The Morgan fingerprint density at radius 1 is 1.29 bits per heavy atom. The number of amidine groups is 1. The van der Waals surface area contributed by atoms with Gasteiger partial charge in [0.2, 0.25) is 10.0 Å². The van der Waals surface area contributed by atoms with E-state index in [9.17, 15) is 17.6 Å². The van der Waals surface area contributed by atoms with Crippen LogP contribution in [0, 0.1) is 23.6 Å². The van der Waals surface area contributed by atoms with Crippen molar-refractivity contribution in [1.29, 1.82) is 0 Å². The second kappa shape index (κ2) is 9.27. The van der Waals surface area contributed by atoms with E-state index < -0.39 is 27.9 Å². The maximum Gasteiger partial charge on any atom is 0.338 e. The molecule has 1 aromatic heterocycles. The number of benzene rings is 1. The van der Waals surface area contributed by atoms with Gasteiger partial charge in [-0.1, -0.05) is 17.7 Å². The molecule has 1 N–H and O–H groups in total. The fourth-order valence-electron chi connectivity index (χ4n) is 5.38. The van der Waals surface area contributed by atoms with Crippen molar-refractivity contribution in [3.63, 3.8) is 0 Å². The Morgan fingerprint density at radius 3 is 2.57 bits per heavy atom. The molecule has 1 aromatic carbocycles. The summed E-state index contributed by atoms with van der Waals surface area (Å²) in [6, 6.07) is 3.21. The third-order valence-electron chi connectivity index (χ3n) is 6.97. The first kappa shape index (κ1) is 24.4. The zero-order valence-corrected chi connectivity index (χ0v) is 21.5. The lowest BCUT2D eigenvalue weighted by atomic mass is 9.89. The van der Waals surface area contributed by atoms with Crippen LogP contribution in [0.1, 0.15) is 29.5 Å². The molecular weight excluding hydrogens is 515 g/mol. The van der Waals surface area contributed by atoms with Gasteiger partial charge in [0, 0.05) is 46.9 Å². The van der Waals surface area contributed by atoms with Gasteiger partial charge in [0.25, 0.3) is 0 Å². The zero-order chi connectivity index (χ0) is 24.9. The molecule has 2 aliphatic heterocycles. The number of carbonyl (C=O) groups is 1.